The van der Waals surface area contributed by atoms with Gasteiger partial charge >= 0.3 is 0 Å². The van der Waals surface area contributed by atoms with Crippen LogP contribution in [0.15, 0.2) is 30.3 Å². The molecule has 0 unspecified atom stereocenters. The molecule has 1 aromatic rings. The van der Waals surface area contributed by atoms with Crippen LogP contribution in [-0.2, 0) is 15.3 Å². The Kier molecular flexibility index (Phi) is 3.08. The summed E-state index contributed by atoms with van der Waals surface area (Å²) in [4.78, 5) is 0. The predicted octanol–water partition coefficient (Wildman–Crippen LogP) is 3.07. The molecule has 2 atom stereocenters. The lowest BCUT2D eigenvalue weighted by Gasteiger charge is -2.40. The molecule has 0 N–H and O–H groups in total. The van der Waals surface area contributed by atoms with Crippen molar-refractivity contribution in [3.05, 3.63) is 35.9 Å². The minimum atomic E-state index is -0.515. The summed E-state index contributed by atoms with van der Waals surface area (Å²) in [6, 6.07) is 10.2. The van der Waals surface area contributed by atoms with Crippen LogP contribution in [0.5, 0.6) is 0 Å². The van der Waals surface area contributed by atoms with Gasteiger partial charge in [-0.25, -0.2) is 0 Å². The normalized spacial score (nSPS) is 31.5. The Balaban J connectivity index is 2.28. The molecule has 1 aromatic carbocycles. The van der Waals surface area contributed by atoms with E-state index in [0.717, 1.165) is 25.0 Å². The van der Waals surface area contributed by atoms with E-state index in [9.17, 15) is 0 Å². The van der Waals surface area contributed by atoms with Gasteiger partial charge in [0.15, 0.2) is 5.79 Å². The first-order valence-corrected chi connectivity index (χ1v) is 5.64. The van der Waals surface area contributed by atoms with Gasteiger partial charge < -0.3 is 9.47 Å². The number of ether oxygens (including phenoxy) is 2. The van der Waals surface area contributed by atoms with Crippen LogP contribution >= 0.6 is 0 Å². The second-order valence-electron chi connectivity index (χ2n) is 4.04. The van der Waals surface area contributed by atoms with Crippen LogP contribution in [-0.4, -0.2) is 12.7 Å². The molecule has 2 heteroatoms. The van der Waals surface area contributed by atoms with Crippen LogP contribution in [0.25, 0.3) is 0 Å². The first-order chi connectivity index (χ1) is 7.27. The molecule has 0 bridgehead atoms. The molecule has 1 fully saturated rings. The predicted molar refractivity (Wildman–Crippen MR) is 59.5 cm³/mol. The summed E-state index contributed by atoms with van der Waals surface area (Å²) in [5, 5.41) is 0. The van der Waals surface area contributed by atoms with Gasteiger partial charge in [-0.05, 0) is 13.3 Å². The maximum Gasteiger partial charge on any atom is 0.194 e. The number of rotatable bonds is 2. The first kappa shape index (κ1) is 10.7. The highest BCUT2D eigenvalue weighted by molar-refractivity contribution is 5.20. The fourth-order valence-corrected chi connectivity index (χ4v) is 2.04. The van der Waals surface area contributed by atoms with Crippen molar-refractivity contribution in [1.82, 2.24) is 0 Å². The Morgan fingerprint density at radius 3 is 2.67 bits per heavy atom. The fraction of sp³-hybridized carbons (Fsp3) is 0.538. The SMILES string of the molecule is CC[C@]1(c2ccccc2)OCC[C@@H](C)O1. The van der Waals surface area contributed by atoms with Crippen LogP contribution in [0.2, 0.25) is 0 Å². The van der Waals surface area contributed by atoms with Gasteiger partial charge in [0.2, 0.25) is 0 Å². The monoisotopic (exact) mass is 206 g/mol. The van der Waals surface area contributed by atoms with Crippen LogP contribution in [0.1, 0.15) is 32.3 Å². The molecule has 82 valence electrons. The molecule has 1 saturated heterocycles. The van der Waals surface area contributed by atoms with Gasteiger partial charge in [-0.1, -0.05) is 37.3 Å². The van der Waals surface area contributed by atoms with Gasteiger partial charge in [-0.3, -0.25) is 0 Å². The Morgan fingerprint density at radius 2 is 2.07 bits per heavy atom. The van der Waals surface area contributed by atoms with Crippen molar-refractivity contribution in [3.63, 3.8) is 0 Å². The zero-order valence-corrected chi connectivity index (χ0v) is 9.40. The zero-order chi connectivity index (χ0) is 10.7. The Hall–Kier alpha value is -0.860. The highest BCUT2D eigenvalue weighted by atomic mass is 16.7. The first-order valence-electron chi connectivity index (χ1n) is 5.64. The quantitative estimate of drug-likeness (QED) is 0.740. The zero-order valence-electron chi connectivity index (χ0n) is 9.40. The molecule has 0 aromatic heterocycles. The summed E-state index contributed by atoms with van der Waals surface area (Å²) >= 11 is 0. The van der Waals surface area contributed by atoms with Gasteiger partial charge in [0, 0.05) is 12.0 Å². The van der Waals surface area contributed by atoms with Crippen molar-refractivity contribution < 1.29 is 9.47 Å². The van der Waals surface area contributed by atoms with E-state index in [1.165, 1.54) is 0 Å². The molecule has 1 heterocycles. The van der Waals surface area contributed by atoms with E-state index >= 15 is 0 Å². The van der Waals surface area contributed by atoms with Gasteiger partial charge in [0.25, 0.3) is 0 Å². The van der Waals surface area contributed by atoms with Crippen molar-refractivity contribution in [1.29, 1.82) is 0 Å². The van der Waals surface area contributed by atoms with Crippen molar-refractivity contribution in [3.8, 4) is 0 Å². The maximum atomic E-state index is 5.99. The largest absolute Gasteiger partial charge is 0.346 e. The lowest BCUT2D eigenvalue weighted by atomic mass is 10.0. The third-order valence-corrected chi connectivity index (χ3v) is 2.93. The molecular formula is C13H18O2. The number of hydrogen-bond acceptors (Lipinski definition) is 2. The maximum absolute atomic E-state index is 5.99. The molecule has 1 aliphatic rings. The molecule has 0 radical (unpaired) electrons. The smallest absolute Gasteiger partial charge is 0.194 e. The van der Waals surface area contributed by atoms with Crippen LogP contribution in [0.3, 0.4) is 0 Å². The molecule has 15 heavy (non-hydrogen) atoms. The summed E-state index contributed by atoms with van der Waals surface area (Å²) in [5.41, 5.74) is 1.12. The Morgan fingerprint density at radius 1 is 1.33 bits per heavy atom. The summed E-state index contributed by atoms with van der Waals surface area (Å²) < 4.78 is 11.8. The molecule has 1 aliphatic heterocycles. The molecule has 2 nitrogen and oxygen atoms in total. The highest BCUT2D eigenvalue weighted by Crippen LogP contribution is 2.35. The summed E-state index contributed by atoms with van der Waals surface area (Å²) in [7, 11) is 0. The molecule has 0 saturated carbocycles. The summed E-state index contributed by atoms with van der Waals surface area (Å²) in [6.45, 7) is 4.99. The topological polar surface area (TPSA) is 18.5 Å². The van der Waals surface area contributed by atoms with E-state index < -0.39 is 5.79 Å². The van der Waals surface area contributed by atoms with Crippen molar-refractivity contribution in [2.45, 2.75) is 38.6 Å². The standard InChI is InChI=1S/C13H18O2/c1-3-13(12-7-5-4-6-8-12)14-10-9-11(2)15-13/h4-8,11H,3,9-10H2,1-2H3/t11-,13+/m1/s1. The summed E-state index contributed by atoms with van der Waals surface area (Å²) in [5.74, 6) is -0.515. The minimum absolute atomic E-state index is 0.277. The van der Waals surface area contributed by atoms with Crippen molar-refractivity contribution in [2.24, 2.45) is 0 Å². The molecule has 2 rings (SSSR count). The van der Waals surface area contributed by atoms with Crippen LogP contribution < -0.4 is 0 Å². The summed E-state index contributed by atoms with van der Waals surface area (Å²) in [6.07, 6.45) is 2.11. The van der Waals surface area contributed by atoms with Crippen molar-refractivity contribution >= 4 is 0 Å². The van der Waals surface area contributed by atoms with Gasteiger partial charge in [-0.15, -0.1) is 0 Å². The highest BCUT2D eigenvalue weighted by Gasteiger charge is 2.37. The lowest BCUT2D eigenvalue weighted by molar-refractivity contribution is -0.300. The van der Waals surface area contributed by atoms with E-state index in [0.29, 0.717) is 0 Å². The van der Waals surface area contributed by atoms with Gasteiger partial charge in [-0.2, -0.15) is 0 Å². The lowest BCUT2D eigenvalue weighted by Crippen LogP contribution is -2.40. The average Bonchev–Trinajstić information content (AvgIpc) is 2.30. The fourth-order valence-electron chi connectivity index (χ4n) is 2.04. The Bertz CT molecular complexity index is 310. The number of hydrogen-bond donors (Lipinski definition) is 0. The Labute approximate surface area is 91.2 Å². The molecular weight excluding hydrogens is 188 g/mol. The van der Waals surface area contributed by atoms with E-state index in [1.807, 2.05) is 18.2 Å². The second kappa shape index (κ2) is 4.33. The van der Waals surface area contributed by atoms with Gasteiger partial charge in [0.1, 0.15) is 0 Å². The van der Waals surface area contributed by atoms with Gasteiger partial charge in [0.05, 0.1) is 12.7 Å². The average molecular weight is 206 g/mol. The van der Waals surface area contributed by atoms with Crippen LogP contribution in [0.4, 0.5) is 0 Å². The third kappa shape index (κ3) is 2.06. The van der Waals surface area contributed by atoms with Crippen LogP contribution in [0, 0.1) is 0 Å². The second-order valence-corrected chi connectivity index (χ2v) is 4.04. The van der Waals surface area contributed by atoms with E-state index in [-0.39, 0.29) is 6.10 Å². The molecule has 0 spiro atoms. The molecule has 0 amide bonds. The molecule has 0 aliphatic carbocycles. The van der Waals surface area contributed by atoms with E-state index in [1.54, 1.807) is 0 Å². The van der Waals surface area contributed by atoms with E-state index in [4.69, 9.17) is 9.47 Å². The minimum Gasteiger partial charge on any atom is -0.346 e. The number of benzene rings is 1. The third-order valence-electron chi connectivity index (χ3n) is 2.93. The van der Waals surface area contributed by atoms with E-state index in [2.05, 4.69) is 26.0 Å². The van der Waals surface area contributed by atoms with Crippen molar-refractivity contribution in [2.75, 3.05) is 6.61 Å².